The van der Waals surface area contributed by atoms with Gasteiger partial charge in [0, 0.05) is 32.2 Å². The average molecular weight is 419 g/mol. The van der Waals surface area contributed by atoms with Gasteiger partial charge in [0.05, 0.1) is 23.1 Å². The maximum atomic E-state index is 12.9. The minimum atomic E-state index is -3.66. The molecule has 0 aliphatic carbocycles. The summed E-state index contributed by atoms with van der Waals surface area (Å²) >= 11 is 6.12. The van der Waals surface area contributed by atoms with Crippen molar-refractivity contribution in [2.75, 3.05) is 33.4 Å². The van der Waals surface area contributed by atoms with Crippen molar-refractivity contribution in [2.45, 2.75) is 37.6 Å². The quantitative estimate of drug-likeness (QED) is 0.700. The number of halogens is 1. The van der Waals surface area contributed by atoms with Gasteiger partial charge >= 0.3 is 0 Å². The fraction of sp³-hybridized carbons (Fsp3) is 0.611. The number of carbonyl (C=O) groups excluding carboxylic acids is 1. The fourth-order valence-electron chi connectivity index (χ4n) is 3.07. The van der Waals surface area contributed by atoms with Crippen LogP contribution in [0.1, 0.15) is 26.7 Å². The third-order valence-electron chi connectivity index (χ3n) is 4.47. The molecule has 1 heterocycles. The SMILES string of the molecule is CCOc1ccc(S(=O)(=O)N2CCC(C(=O)N[C@H](C)COC)CC2)cc1Cl. The van der Waals surface area contributed by atoms with E-state index in [-0.39, 0.29) is 27.8 Å². The van der Waals surface area contributed by atoms with Crippen molar-refractivity contribution in [3.05, 3.63) is 23.2 Å². The first-order valence-electron chi connectivity index (χ1n) is 9.01. The molecule has 0 bridgehead atoms. The topological polar surface area (TPSA) is 84.9 Å². The molecule has 1 atom stereocenters. The van der Waals surface area contributed by atoms with Gasteiger partial charge in [0.15, 0.2) is 0 Å². The minimum Gasteiger partial charge on any atom is -0.492 e. The molecule has 1 N–H and O–H groups in total. The van der Waals surface area contributed by atoms with Crippen molar-refractivity contribution in [3.8, 4) is 5.75 Å². The first-order valence-corrected chi connectivity index (χ1v) is 10.8. The van der Waals surface area contributed by atoms with Crippen molar-refractivity contribution >= 4 is 27.5 Å². The van der Waals surface area contributed by atoms with Crippen LogP contribution in [0, 0.1) is 5.92 Å². The maximum absolute atomic E-state index is 12.9. The third kappa shape index (κ3) is 5.57. The highest BCUT2D eigenvalue weighted by Crippen LogP contribution is 2.30. The van der Waals surface area contributed by atoms with Gasteiger partial charge in [0.2, 0.25) is 15.9 Å². The highest BCUT2D eigenvalue weighted by molar-refractivity contribution is 7.89. The van der Waals surface area contributed by atoms with E-state index in [9.17, 15) is 13.2 Å². The number of nitrogens with one attached hydrogen (secondary N) is 1. The van der Waals surface area contributed by atoms with Crippen LogP contribution in [-0.4, -0.2) is 58.1 Å². The average Bonchev–Trinajstić information content (AvgIpc) is 2.63. The summed E-state index contributed by atoms with van der Waals surface area (Å²) in [6.07, 6.45) is 0.963. The third-order valence-corrected chi connectivity index (χ3v) is 6.66. The summed E-state index contributed by atoms with van der Waals surface area (Å²) in [5.41, 5.74) is 0. The number of sulfonamides is 1. The van der Waals surface area contributed by atoms with Crippen LogP contribution in [0.25, 0.3) is 0 Å². The molecule has 1 saturated heterocycles. The van der Waals surface area contributed by atoms with E-state index in [2.05, 4.69) is 5.32 Å². The summed E-state index contributed by atoms with van der Waals surface area (Å²) in [6, 6.07) is 4.40. The molecule has 1 aromatic rings. The summed E-state index contributed by atoms with van der Waals surface area (Å²) < 4.78 is 37.5. The molecule has 1 aromatic carbocycles. The van der Waals surface area contributed by atoms with E-state index in [1.54, 1.807) is 13.2 Å². The number of ether oxygens (including phenoxy) is 2. The smallest absolute Gasteiger partial charge is 0.243 e. The molecule has 1 aliphatic heterocycles. The number of nitrogens with zero attached hydrogens (tertiary/aromatic N) is 1. The fourth-order valence-corrected chi connectivity index (χ4v) is 4.87. The second kappa shape index (κ2) is 9.73. The molecule has 0 aromatic heterocycles. The second-order valence-electron chi connectivity index (χ2n) is 6.57. The highest BCUT2D eigenvalue weighted by Gasteiger charge is 2.32. The van der Waals surface area contributed by atoms with Gasteiger partial charge in [-0.05, 0) is 44.9 Å². The Morgan fingerprint density at radius 1 is 1.37 bits per heavy atom. The van der Waals surface area contributed by atoms with Gasteiger partial charge in [-0.25, -0.2) is 8.42 Å². The standard InChI is InChI=1S/C18H27ClN2O5S/c1-4-26-17-6-5-15(11-16(17)19)27(23,24)21-9-7-14(8-10-21)18(22)20-13(2)12-25-3/h5-6,11,13-14H,4,7-10,12H2,1-3H3,(H,20,22)/t13-/m1/s1. The Hall–Kier alpha value is -1.35. The number of rotatable bonds is 8. The van der Waals surface area contributed by atoms with Gasteiger partial charge in [0.25, 0.3) is 0 Å². The Balaban J connectivity index is 2.00. The Kier molecular flexibility index (Phi) is 7.91. The largest absolute Gasteiger partial charge is 0.492 e. The Labute approximate surface area is 166 Å². The predicted molar refractivity (Wildman–Crippen MR) is 104 cm³/mol. The normalized spacial score (nSPS) is 17.5. The predicted octanol–water partition coefficient (Wildman–Crippen LogP) is 2.29. The first kappa shape index (κ1) is 21.9. The number of piperidine rings is 1. The number of methoxy groups -OCH3 is 1. The number of hydrogen-bond acceptors (Lipinski definition) is 5. The lowest BCUT2D eigenvalue weighted by molar-refractivity contribution is -0.127. The van der Waals surface area contributed by atoms with Gasteiger partial charge in [0.1, 0.15) is 5.75 Å². The molecule has 0 radical (unpaired) electrons. The molecule has 1 aliphatic rings. The molecule has 0 unspecified atom stereocenters. The van der Waals surface area contributed by atoms with Crippen molar-refractivity contribution in [3.63, 3.8) is 0 Å². The maximum Gasteiger partial charge on any atom is 0.243 e. The van der Waals surface area contributed by atoms with Gasteiger partial charge in [-0.15, -0.1) is 0 Å². The van der Waals surface area contributed by atoms with Crippen LogP contribution in [0.15, 0.2) is 23.1 Å². The minimum absolute atomic E-state index is 0.0549. The summed E-state index contributed by atoms with van der Waals surface area (Å²) in [5.74, 6) is 0.207. The van der Waals surface area contributed by atoms with Crippen LogP contribution < -0.4 is 10.1 Å². The van der Waals surface area contributed by atoms with E-state index in [0.717, 1.165) is 0 Å². The zero-order valence-corrected chi connectivity index (χ0v) is 17.5. The Morgan fingerprint density at radius 3 is 2.59 bits per heavy atom. The first-order chi connectivity index (χ1) is 12.8. The highest BCUT2D eigenvalue weighted by atomic mass is 35.5. The summed E-state index contributed by atoms with van der Waals surface area (Å²) in [4.78, 5) is 12.4. The molecule has 0 saturated carbocycles. The van der Waals surface area contributed by atoms with Crippen molar-refractivity contribution in [1.82, 2.24) is 9.62 Å². The molecule has 2 rings (SSSR count). The molecule has 0 spiro atoms. The molecule has 27 heavy (non-hydrogen) atoms. The van der Waals surface area contributed by atoms with Crippen LogP contribution in [0.4, 0.5) is 0 Å². The van der Waals surface area contributed by atoms with Crippen molar-refractivity contribution < 1.29 is 22.7 Å². The van der Waals surface area contributed by atoms with Gasteiger partial charge in [-0.2, -0.15) is 4.31 Å². The van der Waals surface area contributed by atoms with Gasteiger partial charge in [-0.3, -0.25) is 4.79 Å². The second-order valence-corrected chi connectivity index (χ2v) is 8.91. The van der Waals surface area contributed by atoms with Crippen molar-refractivity contribution in [1.29, 1.82) is 0 Å². The molecule has 9 heteroatoms. The van der Waals surface area contributed by atoms with E-state index >= 15 is 0 Å². The van der Waals surface area contributed by atoms with Crippen LogP contribution in [0.3, 0.4) is 0 Å². The van der Waals surface area contributed by atoms with E-state index in [1.807, 2.05) is 13.8 Å². The molecular formula is C18H27ClN2O5S. The van der Waals surface area contributed by atoms with Crippen LogP contribution >= 0.6 is 11.6 Å². The monoisotopic (exact) mass is 418 g/mol. The lowest BCUT2D eigenvalue weighted by Crippen LogP contribution is -2.45. The molecule has 1 fully saturated rings. The molecule has 152 valence electrons. The van der Waals surface area contributed by atoms with Crippen LogP contribution in [0.2, 0.25) is 5.02 Å². The molecule has 7 nitrogen and oxygen atoms in total. The van der Waals surface area contributed by atoms with Gasteiger partial charge in [-0.1, -0.05) is 11.6 Å². The summed E-state index contributed by atoms with van der Waals surface area (Å²) in [5, 5.41) is 3.16. The summed E-state index contributed by atoms with van der Waals surface area (Å²) in [7, 11) is -2.07. The van der Waals surface area contributed by atoms with Gasteiger partial charge < -0.3 is 14.8 Å². The molecule has 1 amide bonds. The van der Waals surface area contributed by atoms with E-state index in [0.29, 0.717) is 44.9 Å². The number of hydrogen-bond donors (Lipinski definition) is 1. The van der Waals surface area contributed by atoms with E-state index in [1.165, 1.54) is 16.4 Å². The van der Waals surface area contributed by atoms with Crippen LogP contribution in [0.5, 0.6) is 5.75 Å². The Bertz CT molecular complexity index is 748. The van der Waals surface area contributed by atoms with E-state index < -0.39 is 10.0 Å². The van der Waals surface area contributed by atoms with Crippen molar-refractivity contribution in [2.24, 2.45) is 5.92 Å². The zero-order valence-electron chi connectivity index (χ0n) is 15.9. The number of benzene rings is 1. The lowest BCUT2D eigenvalue weighted by atomic mass is 9.97. The lowest BCUT2D eigenvalue weighted by Gasteiger charge is -2.31. The van der Waals surface area contributed by atoms with Crippen LogP contribution in [-0.2, 0) is 19.6 Å². The Morgan fingerprint density at radius 2 is 2.04 bits per heavy atom. The summed E-state index contributed by atoms with van der Waals surface area (Å²) in [6.45, 7) is 5.18. The molecular weight excluding hydrogens is 392 g/mol. The number of amides is 1. The van der Waals surface area contributed by atoms with E-state index in [4.69, 9.17) is 21.1 Å². The number of carbonyl (C=O) groups is 1. The zero-order chi connectivity index (χ0) is 20.0.